The van der Waals surface area contributed by atoms with Crippen LogP contribution in [0.2, 0.25) is 0 Å². The van der Waals surface area contributed by atoms with Gasteiger partial charge in [-0.05, 0) is 31.2 Å². The Balaban J connectivity index is 1.86. The van der Waals surface area contributed by atoms with E-state index in [1.54, 1.807) is 37.3 Å². The van der Waals surface area contributed by atoms with Crippen LogP contribution in [-0.4, -0.2) is 40.3 Å². The van der Waals surface area contributed by atoms with E-state index in [-0.39, 0.29) is 30.0 Å². The summed E-state index contributed by atoms with van der Waals surface area (Å²) in [6.07, 6.45) is 2.63. The number of fused-ring (bicyclic) bond motifs is 1. The highest BCUT2D eigenvalue weighted by atomic mass is 16.5. The third-order valence-corrected chi connectivity index (χ3v) is 3.96. The van der Waals surface area contributed by atoms with Crippen LogP contribution in [-0.2, 0) is 9.53 Å². The highest BCUT2D eigenvalue weighted by Crippen LogP contribution is 2.10. The maximum Gasteiger partial charge on any atom is 0.325 e. The van der Waals surface area contributed by atoms with Gasteiger partial charge >= 0.3 is 5.97 Å². The molecule has 0 fully saturated rings. The lowest BCUT2D eigenvalue weighted by Crippen LogP contribution is -2.32. The number of carbonyl (C=O) groups is 3. The van der Waals surface area contributed by atoms with Gasteiger partial charge in [0, 0.05) is 11.8 Å². The minimum Gasteiger partial charge on any atom is -0.465 e. The Hall–Kier alpha value is -4.01. The molecule has 148 valence electrons. The lowest BCUT2D eigenvalue weighted by molar-refractivity contribution is -0.141. The molecule has 2 aromatic heterocycles. The fraction of sp³-hybridized carbons (Fsp3) is 0.150. The van der Waals surface area contributed by atoms with E-state index in [0.29, 0.717) is 5.56 Å². The molecule has 3 aromatic rings. The number of hydrogen-bond acceptors (Lipinski definition) is 6. The molecule has 0 unspecified atom stereocenters. The number of carbonyl (C=O) groups excluding carboxylic acids is 3. The fourth-order valence-corrected chi connectivity index (χ4v) is 2.61. The zero-order valence-electron chi connectivity index (χ0n) is 15.5. The van der Waals surface area contributed by atoms with E-state index in [1.165, 1.54) is 24.5 Å². The van der Waals surface area contributed by atoms with Crippen molar-refractivity contribution in [3.05, 3.63) is 76.3 Å². The number of esters is 1. The summed E-state index contributed by atoms with van der Waals surface area (Å²) in [5.41, 5.74) is 0.0234. The van der Waals surface area contributed by atoms with Gasteiger partial charge in [0.2, 0.25) is 0 Å². The SMILES string of the molecule is CCOC(=O)CNC(=O)c1cccn2c(=O)c(NC(=O)c3ccccc3)cnc12. The van der Waals surface area contributed by atoms with Crippen LogP contribution in [0.25, 0.3) is 5.65 Å². The second-order valence-electron chi connectivity index (χ2n) is 5.90. The number of benzene rings is 1. The quantitative estimate of drug-likeness (QED) is 0.607. The Morgan fingerprint density at radius 3 is 2.55 bits per heavy atom. The van der Waals surface area contributed by atoms with Crippen LogP contribution in [0.3, 0.4) is 0 Å². The molecule has 2 amide bonds. The van der Waals surface area contributed by atoms with Crippen molar-refractivity contribution in [2.75, 3.05) is 18.5 Å². The Morgan fingerprint density at radius 1 is 1.07 bits per heavy atom. The maximum atomic E-state index is 12.7. The van der Waals surface area contributed by atoms with Crippen LogP contribution < -0.4 is 16.2 Å². The molecule has 3 rings (SSSR count). The third-order valence-electron chi connectivity index (χ3n) is 3.96. The maximum absolute atomic E-state index is 12.7. The van der Waals surface area contributed by atoms with Gasteiger partial charge in [-0.25, -0.2) is 4.98 Å². The van der Waals surface area contributed by atoms with Crippen molar-refractivity contribution in [2.24, 2.45) is 0 Å². The number of hydrogen-bond donors (Lipinski definition) is 2. The topological polar surface area (TPSA) is 119 Å². The summed E-state index contributed by atoms with van der Waals surface area (Å²) >= 11 is 0. The zero-order valence-corrected chi connectivity index (χ0v) is 15.5. The Labute approximate surface area is 165 Å². The van der Waals surface area contributed by atoms with E-state index in [1.807, 2.05) is 0 Å². The summed E-state index contributed by atoms with van der Waals surface area (Å²) in [6.45, 7) is 1.56. The minimum atomic E-state index is -0.580. The van der Waals surface area contributed by atoms with Gasteiger partial charge in [0.05, 0.1) is 18.4 Å². The molecule has 0 radical (unpaired) electrons. The molecule has 9 nitrogen and oxygen atoms in total. The van der Waals surface area contributed by atoms with Crippen LogP contribution in [0.1, 0.15) is 27.6 Å². The van der Waals surface area contributed by atoms with Crippen molar-refractivity contribution in [3.8, 4) is 0 Å². The molecule has 0 saturated heterocycles. The van der Waals surface area contributed by atoms with Gasteiger partial charge in [-0.1, -0.05) is 18.2 Å². The predicted molar refractivity (Wildman–Crippen MR) is 105 cm³/mol. The third kappa shape index (κ3) is 4.46. The van der Waals surface area contributed by atoms with E-state index in [2.05, 4.69) is 15.6 Å². The average Bonchev–Trinajstić information content (AvgIpc) is 2.74. The number of aromatic nitrogens is 2. The first-order valence-corrected chi connectivity index (χ1v) is 8.82. The second-order valence-corrected chi connectivity index (χ2v) is 5.90. The molecule has 0 aliphatic rings. The standard InChI is InChI=1S/C20H18N4O5/c1-2-29-16(25)12-22-19(27)14-9-6-10-24-17(14)21-11-15(20(24)28)23-18(26)13-7-4-3-5-8-13/h3-11H,2,12H2,1H3,(H,22,27)(H,23,26). The molecule has 0 saturated carbocycles. The van der Waals surface area contributed by atoms with Crippen molar-refractivity contribution in [1.29, 1.82) is 0 Å². The van der Waals surface area contributed by atoms with Gasteiger partial charge in [-0.15, -0.1) is 0 Å². The number of amides is 2. The second kappa shape index (κ2) is 8.79. The Kier molecular flexibility index (Phi) is 5.98. The minimum absolute atomic E-state index is 0.0274. The summed E-state index contributed by atoms with van der Waals surface area (Å²) in [5.74, 6) is -1.60. The Bertz CT molecular complexity index is 1120. The number of nitrogens with zero attached hydrogens (tertiary/aromatic N) is 2. The number of ether oxygens (including phenoxy) is 1. The van der Waals surface area contributed by atoms with E-state index in [9.17, 15) is 19.2 Å². The smallest absolute Gasteiger partial charge is 0.325 e. The molecule has 29 heavy (non-hydrogen) atoms. The molecule has 2 heterocycles. The molecular weight excluding hydrogens is 376 g/mol. The molecule has 0 spiro atoms. The van der Waals surface area contributed by atoms with Gasteiger partial charge in [-0.2, -0.15) is 0 Å². The highest BCUT2D eigenvalue weighted by Gasteiger charge is 2.16. The van der Waals surface area contributed by atoms with E-state index >= 15 is 0 Å². The largest absolute Gasteiger partial charge is 0.465 e. The molecule has 0 bridgehead atoms. The summed E-state index contributed by atoms with van der Waals surface area (Å²) in [7, 11) is 0. The van der Waals surface area contributed by atoms with E-state index in [4.69, 9.17) is 4.74 Å². The van der Waals surface area contributed by atoms with Crippen LogP contribution in [0.5, 0.6) is 0 Å². The molecule has 1 aromatic carbocycles. The molecule has 0 aliphatic heterocycles. The van der Waals surface area contributed by atoms with Crippen molar-refractivity contribution in [3.63, 3.8) is 0 Å². The lowest BCUT2D eigenvalue weighted by atomic mass is 10.2. The molecule has 2 N–H and O–H groups in total. The number of pyridine rings is 1. The summed E-state index contributed by atoms with van der Waals surface area (Å²) < 4.78 is 5.91. The number of rotatable bonds is 6. The van der Waals surface area contributed by atoms with Crippen LogP contribution in [0.15, 0.2) is 59.7 Å². The van der Waals surface area contributed by atoms with Gasteiger partial charge in [0.25, 0.3) is 17.4 Å². The number of anilines is 1. The summed E-state index contributed by atoms with van der Waals surface area (Å²) in [4.78, 5) is 52.9. The predicted octanol–water partition coefficient (Wildman–Crippen LogP) is 1.24. The van der Waals surface area contributed by atoms with Crippen LogP contribution in [0.4, 0.5) is 5.69 Å². The fourth-order valence-electron chi connectivity index (χ4n) is 2.61. The molecule has 0 aliphatic carbocycles. The first kappa shape index (κ1) is 19.7. The van der Waals surface area contributed by atoms with E-state index in [0.717, 1.165) is 4.40 Å². The normalized spacial score (nSPS) is 10.4. The van der Waals surface area contributed by atoms with Crippen molar-refractivity contribution < 1.29 is 19.1 Å². The highest BCUT2D eigenvalue weighted by molar-refractivity contribution is 6.04. The zero-order chi connectivity index (χ0) is 20.8. The summed E-state index contributed by atoms with van der Waals surface area (Å²) in [5, 5.41) is 4.95. The molecule has 9 heteroatoms. The van der Waals surface area contributed by atoms with Crippen LogP contribution in [0, 0.1) is 0 Å². The lowest BCUT2D eigenvalue weighted by Gasteiger charge is -2.10. The monoisotopic (exact) mass is 394 g/mol. The number of nitrogens with one attached hydrogen (secondary N) is 2. The first-order chi connectivity index (χ1) is 14.0. The van der Waals surface area contributed by atoms with Crippen molar-refractivity contribution in [1.82, 2.24) is 14.7 Å². The first-order valence-electron chi connectivity index (χ1n) is 8.82. The van der Waals surface area contributed by atoms with Gasteiger partial charge in [0.15, 0.2) is 5.65 Å². The summed E-state index contributed by atoms with van der Waals surface area (Å²) in [6, 6.07) is 11.4. The van der Waals surface area contributed by atoms with Crippen molar-refractivity contribution in [2.45, 2.75) is 6.92 Å². The van der Waals surface area contributed by atoms with Gasteiger partial charge in [0.1, 0.15) is 12.2 Å². The Morgan fingerprint density at radius 2 is 1.83 bits per heavy atom. The van der Waals surface area contributed by atoms with E-state index < -0.39 is 23.3 Å². The van der Waals surface area contributed by atoms with Gasteiger partial charge in [-0.3, -0.25) is 23.6 Å². The molecule has 0 atom stereocenters. The van der Waals surface area contributed by atoms with Crippen molar-refractivity contribution >= 4 is 29.1 Å². The molecular formula is C20H18N4O5. The van der Waals surface area contributed by atoms with Gasteiger partial charge < -0.3 is 15.4 Å². The van der Waals surface area contributed by atoms with Crippen LogP contribution >= 0.6 is 0 Å². The average molecular weight is 394 g/mol.